The van der Waals surface area contributed by atoms with Crippen molar-refractivity contribution in [3.05, 3.63) is 28.5 Å². The van der Waals surface area contributed by atoms with E-state index in [-0.39, 0.29) is 0 Å². The Morgan fingerprint density at radius 1 is 1.50 bits per heavy atom. The summed E-state index contributed by atoms with van der Waals surface area (Å²) >= 11 is 3.40. The van der Waals surface area contributed by atoms with Crippen molar-refractivity contribution < 1.29 is 9.53 Å². The van der Waals surface area contributed by atoms with Crippen LogP contribution in [-0.4, -0.2) is 11.1 Å². The first-order valence-electron chi connectivity index (χ1n) is 6.12. The minimum Gasteiger partial charge on any atom is -0.438 e. The molecule has 5 heteroatoms. The summed E-state index contributed by atoms with van der Waals surface area (Å²) in [5, 5.41) is 0. The highest BCUT2D eigenvalue weighted by Gasteiger charge is 2.41. The first-order chi connectivity index (χ1) is 8.52. The van der Waals surface area contributed by atoms with Gasteiger partial charge in [-0.1, -0.05) is 12.8 Å². The average Bonchev–Trinajstić information content (AvgIpc) is 2.81. The second-order valence-electron chi connectivity index (χ2n) is 4.90. The standard InChI is InChI=1S/C13H17BrN2O2/c1-13(18-12(15)17,9-4-2-3-5-9)10-6-11(14)8-16-7-10/h6-9H,2-5H2,1H3,(H2,15,17). The van der Waals surface area contributed by atoms with Gasteiger partial charge >= 0.3 is 6.09 Å². The zero-order valence-corrected chi connectivity index (χ0v) is 11.9. The van der Waals surface area contributed by atoms with Crippen LogP contribution in [0.25, 0.3) is 0 Å². The molecule has 0 radical (unpaired) electrons. The Hall–Kier alpha value is -1.10. The molecule has 2 rings (SSSR count). The molecular weight excluding hydrogens is 296 g/mol. The lowest BCUT2D eigenvalue weighted by atomic mass is 9.82. The molecule has 0 saturated heterocycles. The van der Waals surface area contributed by atoms with Crippen LogP contribution in [0.2, 0.25) is 0 Å². The van der Waals surface area contributed by atoms with Crippen LogP contribution in [0.1, 0.15) is 38.2 Å². The zero-order chi connectivity index (χ0) is 13.2. The van der Waals surface area contributed by atoms with Gasteiger partial charge in [-0.2, -0.15) is 0 Å². The van der Waals surface area contributed by atoms with E-state index >= 15 is 0 Å². The molecule has 1 saturated carbocycles. The average molecular weight is 313 g/mol. The molecule has 1 fully saturated rings. The van der Waals surface area contributed by atoms with Crippen molar-refractivity contribution in [2.75, 3.05) is 0 Å². The number of carbonyl (C=O) groups is 1. The maximum absolute atomic E-state index is 11.2. The molecule has 1 heterocycles. The van der Waals surface area contributed by atoms with Crippen molar-refractivity contribution in [1.29, 1.82) is 0 Å². The molecule has 1 aromatic rings. The van der Waals surface area contributed by atoms with Crippen LogP contribution in [0.3, 0.4) is 0 Å². The fraction of sp³-hybridized carbons (Fsp3) is 0.538. The number of hydrogen-bond donors (Lipinski definition) is 1. The van der Waals surface area contributed by atoms with Crippen LogP contribution in [0.5, 0.6) is 0 Å². The van der Waals surface area contributed by atoms with Crippen LogP contribution in [0, 0.1) is 5.92 Å². The van der Waals surface area contributed by atoms with Gasteiger partial charge in [0.1, 0.15) is 5.60 Å². The number of aromatic nitrogens is 1. The van der Waals surface area contributed by atoms with Gasteiger partial charge in [0.05, 0.1) is 0 Å². The number of nitrogens with zero attached hydrogens (tertiary/aromatic N) is 1. The van der Waals surface area contributed by atoms with E-state index in [1.54, 1.807) is 12.4 Å². The first kappa shape index (κ1) is 13.3. The number of nitrogens with two attached hydrogens (primary N) is 1. The normalized spacial score (nSPS) is 19.4. The van der Waals surface area contributed by atoms with Gasteiger partial charge in [-0.25, -0.2) is 4.79 Å². The van der Waals surface area contributed by atoms with Gasteiger partial charge < -0.3 is 10.5 Å². The second kappa shape index (κ2) is 5.26. The second-order valence-corrected chi connectivity index (χ2v) is 5.82. The number of primary amides is 1. The fourth-order valence-electron chi connectivity index (χ4n) is 2.75. The minimum atomic E-state index is -0.732. The fourth-order valence-corrected chi connectivity index (χ4v) is 3.11. The topological polar surface area (TPSA) is 65.2 Å². The summed E-state index contributed by atoms with van der Waals surface area (Å²) in [6.45, 7) is 1.93. The van der Waals surface area contributed by atoms with Gasteiger partial charge in [0.2, 0.25) is 0 Å². The molecule has 0 bridgehead atoms. The number of hydrogen-bond acceptors (Lipinski definition) is 3. The van der Waals surface area contributed by atoms with Crippen molar-refractivity contribution in [1.82, 2.24) is 4.98 Å². The van der Waals surface area contributed by atoms with Gasteiger partial charge in [0, 0.05) is 28.3 Å². The Morgan fingerprint density at radius 3 is 2.72 bits per heavy atom. The monoisotopic (exact) mass is 312 g/mol. The third-order valence-corrected chi connectivity index (χ3v) is 4.16. The molecule has 1 atom stereocenters. The maximum atomic E-state index is 11.2. The highest BCUT2D eigenvalue weighted by atomic mass is 79.9. The van der Waals surface area contributed by atoms with Crippen LogP contribution in [0.4, 0.5) is 4.79 Å². The van der Waals surface area contributed by atoms with E-state index in [0.717, 1.165) is 22.9 Å². The van der Waals surface area contributed by atoms with Crippen LogP contribution >= 0.6 is 15.9 Å². The number of halogens is 1. The summed E-state index contributed by atoms with van der Waals surface area (Å²) < 4.78 is 6.31. The zero-order valence-electron chi connectivity index (χ0n) is 10.4. The molecule has 18 heavy (non-hydrogen) atoms. The lowest BCUT2D eigenvalue weighted by Gasteiger charge is -2.34. The summed E-state index contributed by atoms with van der Waals surface area (Å²) in [4.78, 5) is 15.3. The molecule has 0 spiro atoms. The Morgan fingerprint density at radius 2 is 2.17 bits per heavy atom. The van der Waals surface area contributed by atoms with Crippen molar-refractivity contribution in [3.8, 4) is 0 Å². The van der Waals surface area contributed by atoms with Crippen molar-refractivity contribution in [2.45, 2.75) is 38.2 Å². The number of ether oxygens (including phenoxy) is 1. The number of carbonyl (C=O) groups excluding carboxylic acids is 1. The van der Waals surface area contributed by atoms with E-state index in [1.807, 2.05) is 13.0 Å². The largest absolute Gasteiger partial charge is 0.438 e. The van der Waals surface area contributed by atoms with Gasteiger partial charge in [0.15, 0.2) is 0 Å². The molecular formula is C13H17BrN2O2. The predicted molar refractivity (Wildman–Crippen MR) is 71.9 cm³/mol. The smallest absolute Gasteiger partial charge is 0.405 e. The lowest BCUT2D eigenvalue weighted by Crippen LogP contribution is -2.38. The highest BCUT2D eigenvalue weighted by Crippen LogP contribution is 2.43. The molecule has 1 amide bonds. The lowest BCUT2D eigenvalue weighted by molar-refractivity contribution is -0.0191. The van der Waals surface area contributed by atoms with Crippen LogP contribution in [-0.2, 0) is 10.3 Å². The summed E-state index contributed by atoms with van der Waals surface area (Å²) in [6, 6.07) is 1.94. The molecule has 98 valence electrons. The van der Waals surface area contributed by atoms with E-state index in [4.69, 9.17) is 10.5 Å². The quantitative estimate of drug-likeness (QED) is 0.930. The van der Waals surface area contributed by atoms with Gasteiger partial charge in [-0.3, -0.25) is 4.98 Å². The predicted octanol–water partition coefficient (Wildman–Crippen LogP) is 3.34. The SMILES string of the molecule is CC(OC(N)=O)(c1cncc(Br)c1)C1CCCC1. The van der Waals surface area contributed by atoms with Gasteiger partial charge in [0.25, 0.3) is 0 Å². The third kappa shape index (κ3) is 2.66. The van der Waals surface area contributed by atoms with E-state index in [2.05, 4.69) is 20.9 Å². The highest BCUT2D eigenvalue weighted by molar-refractivity contribution is 9.10. The Balaban J connectivity index is 2.37. The molecule has 1 aliphatic carbocycles. The summed E-state index contributed by atoms with van der Waals surface area (Å²) in [7, 11) is 0. The molecule has 1 unspecified atom stereocenters. The minimum absolute atomic E-state index is 0.307. The van der Waals surface area contributed by atoms with Crippen LogP contribution < -0.4 is 5.73 Å². The van der Waals surface area contributed by atoms with E-state index in [1.165, 1.54) is 12.8 Å². The Bertz CT molecular complexity index is 446. The van der Waals surface area contributed by atoms with Crippen molar-refractivity contribution in [3.63, 3.8) is 0 Å². The maximum Gasteiger partial charge on any atom is 0.405 e. The molecule has 0 aliphatic heterocycles. The number of rotatable bonds is 3. The number of amides is 1. The van der Waals surface area contributed by atoms with E-state index in [9.17, 15) is 4.79 Å². The summed E-state index contributed by atoms with van der Waals surface area (Å²) in [5.74, 6) is 0.307. The molecule has 0 aromatic carbocycles. The van der Waals surface area contributed by atoms with E-state index in [0.29, 0.717) is 5.92 Å². The van der Waals surface area contributed by atoms with Crippen molar-refractivity contribution >= 4 is 22.0 Å². The van der Waals surface area contributed by atoms with E-state index < -0.39 is 11.7 Å². The number of pyridine rings is 1. The van der Waals surface area contributed by atoms with Crippen LogP contribution in [0.15, 0.2) is 22.9 Å². The van der Waals surface area contributed by atoms with Crippen molar-refractivity contribution in [2.24, 2.45) is 11.7 Å². The summed E-state index contributed by atoms with van der Waals surface area (Å²) in [6.07, 6.45) is 7.17. The first-order valence-corrected chi connectivity index (χ1v) is 6.91. The Labute approximate surface area is 115 Å². The van der Waals surface area contributed by atoms with Gasteiger partial charge in [-0.05, 0) is 41.8 Å². The third-order valence-electron chi connectivity index (χ3n) is 3.72. The molecule has 1 aromatic heterocycles. The molecule has 2 N–H and O–H groups in total. The van der Waals surface area contributed by atoms with Gasteiger partial charge in [-0.15, -0.1) is 0 Å². The summed E-state index contributed by atoms with van der Waals surface area (Å²) in [5.41, 5.74) is 5.44. The molecule has 1 aliphatic rings. The Kier molecular flexibility index (Phi) is 3.90. The molecule has 4 nitrogen and oxygen atoms in total.